The van der Waals surface area contributed by atoms with Crippen molar-refractivity contribution in [3.05, 3.63) is 47.2 Å². The van der Waals surface area contributed by atoms with Gasteiger partial charge in [0, 0.05) is 28.4 Å². The van der Waals surface area contributed by atoms with Crippen molar-refractivity contribution in [2.75, 3.05) is 0 Å². The third kappa shape index (κ3) is 2.69. The SMILES string of the molecule is O=C(NC1C2CC3CC(C2)CC1C3)c1cc(-c2ccccc2Cl)c[nH]1. The van der Waals surface area contributed by atoms with E-state index in [1.54, 1.807) is 0 Å². The standard InChI is InChI=1S/C21H23ClN2O/c22-18-4-2-1-3-17(18)16-10-19(23-11-16)21(25)24-20-14-6-12-5-13(8-14)9-15(20)7-12/h1-4,10-15,20,23H,5-9H2,(H,24,25). The highest BCUT2D eigenvalue weighted by Gasteiger charge is 2.48. The lowest BCUT2D eigenvalue weighted by Crippen LogP contribution is -2.55. The summed E-state index contributed by atoms with van der Waals surface area (Å²) >= 11 is 6.27. The fourth-order valence-corrected chi connectivity index (χ4v) is 6.01. The minimum atomic E-state index is 0.0239. The predicted molar refractivity (Wildman–Crippen MR) is 99.5 cm³/mol. The predicted octanol–water partition coefficient (Wildman–Crippen LogP) is 4.89. The Balaban J connectivity index is 1.33. The van der Waals surface area contributed by atoms with Crippen LogP contribution in [0.25, 0.3) is 11.1 Å². The van der Waals surface area contributed by atoms with Crippen molar-refractivity contribution in [1.82, 2.24) is 10.3 Å². The summed E-state index contributed by atoms with van der Waals surface area (Å²) in [5, 5.41) is 4.06. The van der Waals surface area contributed by atoms with Gasteiger partial charge in [-0.2, -0.15) is 0 Å². The van der Waals surface area contributed by atoms with Crippen LogP contribution >= 0.6 is 11.6 Å². The Bertz CT molecular complexity index is 784. The number of H-pyrrole nitrogens is 1. The van der Waals surface area contributed by atoms with Gasteiger partial charge in [-0.05, 0) is 67.9 Å². The lowest BCUT2D eigenvalue weighted by atomic mass is 9.54. The maximum Gasteiger partial charge on any atom is 0.267 e. The zero-order valence-corrected chi connectivity index (χ0v) is 14.9. The largest absolute Gasteiger partial charge is 0.357 e. The second-order valence-corrected chi connectivity index (χ2v) is 8.62. The second-order valence-electron chi connectivity index (χ2n) is 8.21. The molecule has 130 valence electrons. The lowest BCUT2D eigenvalue weighted by molar-refractivity contribution is -0.0120. The molecule has 4 aliphatic carbocycles. The van der Waals surface area contributed by atoms with E-state index >= 15 is 0 Å². The van der Waals surface area contributed by atoms with Crippen molar-refractivity contribution in [2.24, 2.45) is 23.7 Å². The first-order valence-corrected chi connectivity index (χ1v) is 9.79. The van der Waals surface area contributed by atoms with Crippen molar-refractivity contribution in [1.29, 1.82) is 0 Å². The molecule has 0 aliphatic heterocycles. The highest BCUT2D eigenvalue weighted by atomic mass is 35.5. The van der Waals surface area contributed by atoms with Crippen LogP contribution in [0.3, 0.4) is 0 Å². The first-order chi connectivity index (χ1) is 12.2. The topological polar surface area (TPSA) is 44.9 Å². The zero-order valence-electron chi connectivity index (χ0n) is 14.2. The number of amides is 1. The molecule has 1 heterocycles. The van der Waals surface area contributed by atoms with E-state index in [4.69, 9.17) is 11.6 Å². The van der Waals surface area contributed by atoms with Crippen LogP contribution in [-0.2, 0) is 0 Å². The van der Waals surface area contributed by atoms with E-state index in [2.05, 4.69) is 10.3 Å². The normalized spacial score (nSPS) is 32.8. The highest BCUT2D eigenvalue weighted by Crippen LogP contribution is 2.53. The lowest BCUT2D eigenvalue weighted by Gasteiger charge is -2.54. The molecule has 0 spiro atoms. The van der Waals surface area contributed by atoms with Gasteiger partial charge in [-0.3, -0.25) is 4.79 Å². The molecule has 0 atom stereocenters. The van der Waals surface area contributed by atoms with E-state index in [0.717, 1.165) is 23.0 Å². The van der Waals surface area contributed by atoms with Gasteiger partial charge < -0.3 is 10.3 Å². The number of hydrogen-bond donors (Lipinski definition) is 2. The van der Waals surface area contributed by atoms with Gasteiger partial charge in [0.2, 0.25) is 0 Å². The van der Waals surface area contributed by atoms with Crippen LogP contribution in [-0.4, -0.2) is 16.9 Å². The van der Waals surface area contributed by atoms with Crippen molar-refractivity contribution in [3.63, 3.8) is 0 Å². The van der Waals surface area contributed by atoms with Crippen LogP contribution < -0.4 is 5.32 Å². The fraction of sp³-hybridized carbons (Fsp3) is 0.476. The van der Waals surface area contributed by atoms with Gasteiger partial charge in [-0.15, -0.1) is 0 Å². The Hall–Kier alpha value is -1.74. The number of carbonyl (C=O) groups excluding carboxylic acids is 1. The minimum absolute atomic E-state index is 0.0239. The van der Waals surface area contributed by atoms with Crippen LogP contribution in [0.1, 0.15) is 42.6 Å². The summed E-state index contributed by atoms with van der Waals surface area (Å²) in [6.07, 6.45) is 8.56. The number of halogens is 1. The molecule has 6 rings (SSSR count). The number of aromatic amines is 1. The van der Waals surface area contributed by atoms with E-state index in [-0.39, 0.29) is 5.91 Å². The molecule has 1 aromatic heterocycles. The van der Waals surface area contributed by atoms with Gasteiger partial charge in [0.15, 0.2) is 0 Å². The Labute approximate surface area is 153 Å². The summed E-state index contributed by atoms with van der Waals surface area (Å²) in [6.45, 7) is 0. The summed E-state index contributed by atoms with van der Waals surface area (Å²) in [5.74, 6) is 3.26. The maximum atomic E-state index is 12.8. The van der Waals surface area contributed by atoms with Crippen LogP contribution in [0.4, 0.5) is 0 Å². The van der Waals surface area contributed by atoms with Gasteiger partial charge in [-0.1, -0.05) is 29.8 Å². The van der Waals surface area contributed by atoms with Gasteiger partial charge in [0.05, 0.1) is 0 Å². The molecule has 0 saturated heterocycles. The summed E-state index contributed by atoms with van der Waals surface area (Å²) in [5.41, 5.74) is 2.54. The summed E-state index contributed by atoms with van der Waals surface area (Å²) < 4.78 is 0. The molecule has 25 heavy (non-hydrogen) atoms. The molecule has 4 aliphatic rings. The van der Waals surface area contributed by atoms with Crippen molar-refractivity contribution >= 4 is 17.5 Å². The number of aromatic nitrogens is 1. The number of carbonyl (C=O) groups is 1. The molecule has 0 radical (unpaired) electrons. The molecule has 4 heteroatoms. The van der Waals surface area contributed by atoms with Crippen molar-refractivity contribution in [2.45, 2.75) is 38.1 Å². The highest BCUT2D eigenvalue weighted by molar-refractivity contribution is 6.33. The van der Waals surface area contributed by atoms with Crippen LogP contribution in [0, 0.1) is 23.7 Å². The molecule has 1 aromatic carbocycles. The number of nitrogens with one attached hydrogen (secondary N) is 2. The minimum Gasteiger partial charge on any atom is -0.357 e. The van der Waals surface area contributed by atoms with Crippen molar-refractivity contribution < 1.29 is 4.79 Å². The molecule has 4 fully saturated rings. The number of benzene rings is 1. The Morgan fingerprint density at radius 3 is 2.40 bits per heavy atom. The third-order valence-corrected chi connectivity index (χ3v) is 6.97. The van der Waals surface area contributed by atoms with Gasteiger partial charge in [0.25, 0.3) is 5.91 Å². The molecule has 3 nitrogen and oxygen atoms in total. The molecular formula is C21H23ClN2O. The average molecular weight is 355 g/mol. The van der Waals surface area contributed by atoms with E-state index in [1.165, 1.54) is 32.1 Å². The van der Waals surface area contributed by atoms with Crippen molar-refractivity contribution in [3.8, 4) is 11.1 Å². The molecule has 4 saturated carbocycles. The third-order valence-electron chi connectivity index (χ3n) is 6.64. The molecule has 4 bridgehead atoms. The first-order valence-electron chi connectivity index (χ1n) is 9.41. The number of rotatable bonds is 3. The molecule has 2 N–H and O–H groups in total. The average Bonchev–Trinajstić information content (AvgIpc) is 3.08. The van der Waals surface area contributed by atoms with E-state index < -0.39 is 0 Å². The van der Waals surface area contributed by atoms with E-state index in [9.17, 15) is 4.79 Å². The molecular weight excluding hydrogens is 332 g/mol. The monoisotopic (exact) mass is 354 g/mol. The van der Waals surface area contributed by atoms with Gasteiger partial charge >= 0.3 is 0 Å². The quantitative estimate of drug-likeness (QED) is 0.809. The zero-order chi connectivity index (χ0) is 17.0. The van der Waals surface area contributed by atoms with E-state index in [1.807, 2.05) is 36.5 Å². The summed E-state index contributed by atoms with van der Waals surface area (Å²) in [7, 11) is 0. The summed E-state index contributed by atoms with van der Waals surface area (Å²) in [6, 6.07) is 10.0. The Kier molecular flexibility index (Phi) is 3.67. The molecule has 1 amide bonds. The Morgan fingerprint density at radius 1 is 1.04 bits per heavy atom. The second kappa shape index (κ2) is 5.91. The van der Waals surface area contributed by atoms with Crippen LogP contribution in [0.15, 0.2) is 36.5 Å². The van der Waals surface area contributed by atoms with Gasteiger partial charge in [0.1, 0.15) is 5.69 Å². The molecule has 0 unspecified atom stereocenters. The smallest absolute Gasteiger partial charge is 0.267 e. The Morgan fingerprint density at radius 2 is 1.72 bits per heavy atom. The fourth-order valence-electron chi connectivity index (χ4n) is 5.77. The van der Waals surface area contributed by atoms with Gasteiger partial charge in [-0.25, -0.2) is 0 Å². The molecule has 2 aromatic rings. The number of hydrogen-bond acceptors (Lipinski definition) is 1. The van der Waals surface area contributed by atoms with Crippen LogP contribution in [0.2, 0.25) is 5.02 Å². The maximum absolute atomic E-state index is 12.8. The first kappa shape index (κ1) is 15.5. The van der Waals surface area contributed by atoms with E-state index in [0.29, 0.717) is 28.6 Å². The van der Waals surface area contributed by atoms with Crippen LogP contribution in [0.5, 0.6) is 0 Å². The summed E-state index contributed by atoms with van der Waals surface area (Å²) in [4.78, 5) is 15.9.